The van der Waals surface area contributed by atoms with Gasteiger partial charge in [-0.2, -0.15) is 0 Å². The number of pyridine rings is 1. The monoisotopic (exact) mass is 543 g/mol. The minimum Gasteiger partial charge on any atom is -0.371 e. The molecule has 1 saturated heterocycles. The Labute approximate surface area is 215 Å². The Hall–Kier alpha value is -2.15. The van der Waals surface area contributed by atoms with Gasteiger partial charge in [0.05, 0.1) is 12.7 Å². The second kappa shape index (κ2) is 12.0. The molecule has 0 radical (unpaired) electrons. The van der Waals surface area contributed by atoms with Crippen LogP contribution in [0.5, 0.6) is 0 Å². The fourth-order valence-corrected chi connectivity index (χ4v) is 5.47. The molecule has 1 N–H and O–H groups in total. The number of halogens is 2. The van der Waals surface area contributed by atoms with Gasteiger partial charge in [0.2, 0.25) is 5.91 Å². The van der Waals surface area contributed by atoms with Gasteiger partial charge in [0.15, 0.2) is 0 Å². The molecule has 1 unspecified atom stereocenters. The topological polar surface area (TPSA) is 54.5 Å². The zero-order valence-corrected chi connectivity index (χ0v) is 21.7. The predicted octanol–water partition coefficient (Wildman–Crippen LogP) is 5.73. The van der Waals surface area contributed by atoms with Crippen LogP contribution in [0.2, 0.25) is 5.02 Å². The lowest BCUT2D eigenvalue weighted by Crippen LogP contribution is -2.39. The maximum Gasteiger partial charge on any atom is 0.247 e. The average Bonchev–Trinajstić information content (AvgIpc) is 2.84. The van der Waals surface area contributed by atoms with Crippen molar-refractivity contribution in [1.29, 1.82) is 0 Å². The van der Waals surface area contributed by atoms with E-state index in [9.17, 15) is 4.79 Å². The molecule has 4 rings (SSSR count). The van der Waals surface area contributed by atoms with E-state index >= 15 is 0 Å². The van der Waals surface area contributed by atoms with Crippen LogP contribution in [0.15, 0.2) is 71.0 Å². The Balaban J connectivity index is 1.23. The van der Waals surface area contributed by atoms with Crippen molar-refractivity contribution in [2.75, 3.05) is 31.1 Å². The zero-order chi connectivity index (χ0) is 23.9. The van der Waals surface area contributed by atoms with Crippen molar-refractivity contribution < 1.29 is 9.53 Å². The summed E-state index contributed by atoms with van der Waals surface area (Å²) in [7, 11) is 0. The zero-order valence-electron chi connectivity index (χ0n) is 19.3. The number of amides is 1. The number of piperidine rings is 1. The highest BCUT2D eigenvalue weighted by Crippen LogP contribution is 2.26. The third-order valence-corrected chi connectivity index (χ3v) is 7.24. The minimum atomic E-state index is -0.222. The molecule has 2 aromatic rings. The van der Waals surface area contributed by atoms with Gasteiger partial charge in [0.1, 0.15) is 0 Å². The SMILES string of the molecule is C=C1CCC(C(=O)NCC2CCN(c3ccncc3)CC2)=CC1OCCc1cc(Cl)cc(Br)c1. The Bertz CT molecular complexity index is 1020. The molecule has 1 aromatic carbocycles. The molecule has 2 aliphatic rings. The molecule has 2 heterocycles. The largest absolute Gasteiger partial charge is 0.371 e. The molecule has 1 fully saturated rings. The van der Waals surface area contributed by atoms with Gasteiger partial charge in [-0.05, 0) is 85.6 Å². The quantitative estimate of drug-likeness (QED) is 0.431. The number of rotatable bonds is 8. The van der Waals surface area contributed by atoms with E-state index in [2.05, 4.69) is 49.8 Å². The standard InChI is InChI=1S/C27H31BrClN3O2/c1-19-2-3-22(16-26(19)34-13-8-21-14-23(28)17-24(29)15-21)27(33)31-18-20-6-11-32(12-7-20)25-4-9-30-10-5-25/h4-5,9-10,14-17,20,26H,1-3,6-8,11-13,18H2,(H,31,33). The van der Waals surface area contributed by atoms with Crippen LogP contribution in [0.4, 0.5) is 5.69 Å². The number of ether oxygens (including phenoxy) is 1. The van der Waals surface area contributed by atoms with Crippen molar-refractivity contribution in [2.24, 2.45) is 5.92 Å². The van der Waals surface area contributed by atoms with E-state index in [4.69, 9.17) is 16.3 Å². The molecule has 1 aliphatic heterocycles. The number of carbonyl (C=O) groups excluding carboxylic acids is 1. The summed E-state index contributed by atoms with van der Waals surface area (Å²) in [6.45, 7) is 7.43. The molecular formula is C27H31BrClN3O2. The van der Waals surface area contributed by atoms with Crippen molar-refractivity contribution in [1.82, 2.24) is 10.3 Å². The van der Waals surface area contributed by atoms with Crippen LogP contribution in [-0.2, 0) is 16.0 Å². The number of carbonyl (C=O) groups is 1. The van der Waals surface area contributed by atoms with Gasteiger partial charge in [-0.3, -0.25) is 9.78 Å². The van der Waals surface area contributed by atoms with Crippen molar-refractivity contribution in [3.63, 3.8) is 0 Å². The normalized spacial score (nSPS) is 19.1. The van der Waals surface area contributed by atoms with Gasteiger partial charge >= 0.3 is 0 Å². The van der Waals surface area contributed by atoms with E-state index in [-0.39, 0.29) is 12.0 Å². The number of aromatic nitrogens is 1. The summed E-state index contributed by atoms with van der Waals surface area (Å²) in [6.07, 6.45) is 9.78. The van der Waals surface area contributed by atoms with Gasteiger partial charge in [-0.25, -0.2) is 0 Å². The van der Waals surface area contributed by atoms with Crippen LogP contribution >= 0.6 is 27.5 Å². The summed E-state index contributed by atoms with van der Waals surface area (Å²) in [4.78, 5) is 19.3. The molecule has 1 aromatic heterocycles. The first kappa shape index (κ1) is 25.0. The van der Waals surface area contributed by atoms with Gasteiger partial charge in [-0.15, -0.1) is 0 Å². The van der Waals surface area contributed by atoms with Crippen LogP contribution in [0, 0.1) is 5.92 Å². The number of benzene rings is 1. The summed E-state index contributed by atoms with van der Waals surface area (Å²) < 4.78 is 7.04. The maximum absolute atomic E-state index is 12.8. The van der Waals surface area contributed by atoms with Crippen LogP contribution in [-0.4, -0.2) is 43.2 Å². The lowest BCUT2D eigenvalue weighted by Gasteiger charge is -2.33. The van der Waals surface area contributed by atoms with Crippen LogP contribution in [0.3, 0.4) is 0 Å². The smallest absolute Gasteiger partial charge is 0.247 e. The Kier molecular flexibility index (Phi) is 8.81. The van der Waals surface area contributed by atoms with E-state index in [1.54, 1.807) is 0 Å². The van der Waals surface area contributed by atoms with Gasteiger partial charge < -0.3 is 15.0 Å². The molecular weight excluding hydrogens is 514 g/mol. The number of nitrogens with zero attached hydrogens (tertiary/aromatic N) is 2. The van der Waals surface area contributed by atoms with Gasteiger partial charge in [0.25, 0.3) is 0 Å². The van der Waals surface area contributed by atoms with Gasteiger partial charge in [0, 0.05) is 52.8 Å². The molecule has 180 valence electrons. The second-order valence-electron chi connectivity index (χ2n) is 9.02. The molecule has 34 heavy (non-hydrogen) atoms. The predicted molar refractivity (Wildman–Crippen MR) is 141 cm³/mol. The van der Waals surface area contributed by atoms with Crippen LogP contribution in [0.1, 0.15) is 31.2 Å². The fraction of sp³-hybridized carbons (Fsp3) is 0.407. The first-order valence-electron chi connectivity index (χ1n) is 11.9. The van der Waals surface area contributed by atoms with E-state index in [1.807, 2.05) is 36.7 Å². The summed E-state index contributed by atoms with van der Waals surface area (Å²) in [6, 6.07) is 9.96. The van der Waals surface area contributed by atoms with Crippen molar-refractivity contribution in [3.05, 3.63) is 81.6 Å². The highest BCUT2D eigenvalue weighted by atomic mass is 79.9. The summed E-state index contributed by atoms with van der Waals surface area (Å²) in [5.74, 6) is 0.529. The maximum atomic E-state index is 12.8. The van der Waals surface area contributed by atoms with Crippen LogP contribution < -0.4 is 10.2 Å². The summed E-state index contributed by atoms with van der Waals surface area (Å²) in [5.41, 5.74) is 4.15. The Morgan fingerprint density at radius 1 is 1.21 bits per heavy atom. The lowest BCUT2D eigenvalue weighted by molar-refractivity contribution is -0.118. The Morgan fingerprint density at radius 2 is 1.97 bits per heavy atom. The van der Waals surface area contributed by atoms with Crippen molar-refractivity contribution >= 4 is 39.1 Å². The molecule has 1 amide bonds. The second-order valence-corrected chi connectivity index (χ2v) is 10.4. The third kappa shape index (κ3) is 6.94. The highest BCUT2D eigenvalue weighted by molar-refractivity contribution is 9.10. The molecule has 1 aliphatic carbocycles. The minimum absolute atomic E-state index is 0.0245. The van der Waals surface area contributed by atoms with E-state index in [1.165, 1.54) is 5.69 Å². The molecule has 0 saturated carbocycles. The third-order valence-electron chi connectivity index (χ3n) is 6.57. The number of nitrogens with one attached hydrogen (secondary N) is 1. The average molecular weight is 545 g/mol. The van der Waals surface area contributed by atoms with E-state index in [0.29, 0.717) is 24.0 Å². The first-order chi connectivity index (χ1) is 16.5. The summed E-state index contributed by atoms with van der Waals surface area (Å²) in [5, 5.41) is 3.87. The van der Waals surface area contributed by atoms with Crippen molar-refractivity contribution in [2.45, 2.75) is 38.2 Å². The number of hydrogen-bond acceptors (Lipinski definition) is 4. The molecule has 0 spiro atoms. The van der Waals surface area contributed by atoms with E-state index in [0.717, 1.165) is 66.5 Å². The molecule has 1 atom stereocenters. The molecule has 0 bridgehead atoms. The molecule has 5 nitrogen and oxygen atoms in total. The van der Waals surface area contributed by atoms with Crippen molar-refractivity contribution in [3.8, 4) is 0 Å². The lowest BCUT2D eigenvalue weighted by atomic mass is 9.92. The van der Waals surface area contributed by atoms with E-state index < -0.39 is 0 Å². The van der Waals surface area contributed by atoms with Gasteiger partial charge in [-0.1, -0.05) is 34.1 Å². The van der Waals surface area contributed by atoms with Crippen LogP contribution in [0.25, 0.3) is 0 Å². The highest BCUT2D eigenvalue weighted by Gasteiger charge is 2.24. The summed E-state index contributed by atoms with van der Waals surface area (Å²) >= 11 is 9.61. The Morgan fingerprint density at radius 3 is 2.71 bits per heavy atom. The molecule has 7 heteroatoms. The number of anilines is 1. The fourth-order valence-electron chi connectivity index (χ4n) is 4.54. The number of hydrogen-bond donors (Lipinski definition) is 1. The first-order valence-corrected chi connectivity index (χ1v) is 13.0.